The van der Waals surface area contributed by atoms with Gasteiger partial charge in [0.2, 0.25) is 0 Å². The van der Waals surface area contributed by atoms with E-state index < -0.39 is 17.7 Å². The molecule has 0 saturated carbocycles. The highest BCUT2D eigenvalue weighted by Crippen LogP contribution is 2.42. The minimum absolute atomic E-state index is 0.0330. The molecule has 194 valence electrons. The molecule has 8 heteroatoms. The summed E-state index contributed by atoms with van der Waals surface area (Å²) in [6.45, 7) is 8.70. The van der Waals surface area contributed by atoms with E-state index in [1.165, 1.54) is 4.90 Å². The Labute approximate surface area is 212 Å². The second-order valence-electron chi connectivity index (χ2n) is 8.79. The maximum atomic E-state index is 13.3. The number of carbonyl (C=O) groups is 2. The normalized spacial score (nSPS) is 17.1. The summed E-state index contributed by atoms with van der Waals surface area (Å²) in [5.74, 6) is 0.0361. The number of aliphatic hydroxyl groups is 1. The van der Waals surface area contributed by atoms with Gasteiger partial charge in [-0.15, -0.1) is 0 Å². The fraction of sp³-hybridized carbons (Fsp3) is 0.429. The van der Waals surface area contributed by atoms with Crippen LogP contribution in [0.15, 0.2) is 42.0 Å². The van der Waals surface area contributed by atoms with Crippen LogP contribution in [0.4, 0.5) is 0 Å². The number of amides is 1. The third kappa shape index (κ3) is 5.65. The molecule has 2 aromatic carbocycles. The van der Waals surface area contributed by atoms with Crippen molar-refractivity contribution in [3.8, 4) is 17.2 Å². The van der Waals surface area contributed by atoms with E-state index in [1.54, 1.807) is 50.6 Å². The van der Waals surface area contributed by atoms with Gasteiger partial charge in [0.1, 0.15) is 11.5 Å². The van der Waals surface area contributed by atoms with Crippen molar-refractivity contribution in [3.05, 3.63) is 58.7 Å². The molecule has 1 aliphatic heterocycles. The molecule has 0 bridgehead atoms. The first-order valence-corrected chi connectivity index (χ1v) is 12.1. The summed E-state index contributed by atoms with van der Waals surface area (Å²) < 4.78 is 22.0. The molecule has 0 spiro atoms. The lowest BCUT2D eigenvalue weighted by molar-refractivity contribution is -0.140. The third-order valence-corrected chi connectivity index (χ3v) is 6.03. The molecule has 36 heavy (non-hydrogen) atoms. The molecule has 1 saturated heterocycles. The van der Waals surface area contributed by atoms with Crippen molar-refractivity contribution in [1.29, 1.82) is 0 Å². The molecule has 1 atom stereocenters. The quantitative estimate of drug-likeness (QED) is 0.209. The van der Waals surface area contributed by atoms with Crippen LogP contribution in [0.5, 0.6) is 17.2 Å². The first-order chi connectivity index (χ1) is 17.2. The van der Waals surface area contributed by atoms with Gasteiger partial charge in [-0.1, -0.05) is 6.07 Å². The zero-order valence-electron chi connectivity index (χ0n) is 21.8. The highest BCUT2D eigenvalue weighted by Gasteiger charge is 2.46. The van der Waals surface area contributed by atoms with E-state index in [0.717, 1.165) is 0 Å². The highest BCUT2D eigenvalue weighted by molar-refractivity contribution is 6.46. The maximum Gasteiger partial charge on any atom is 0.295 e. The molecule has 1 aliphatic rings. The number of methoxy groups -OCH3 is 2. The number of rotatable bonds is 11. The summed E-state index contributed by atoms with van der Waals surface area (Å²) in [7, 11) is 3.10. The number of likely N-dealkylation sites (tertiary alicyclic amines) is 1. The van der Waals surface area contributed by atoms with Crippen molar-refractivity contribution in [2.24, 2.45) is 0 Å². The predicted molar refractivity (Wildman–Crippen MR) is 137 cm³/mol. The van der Waals surface area contributed by atoms with Crippen LogP contribution in [0.1, 0.15) is 49.9 Å². The van der Waals surface area contributed by atoms with E-state index in [1.807, 2.05) is 27.7 Å². The monoisotopic (exact) mass is 497 g/mol. The zero-order chi connectivity index (χ0) is 26.4. The number of nitrogens with zero attached hydrogens (tertiary/aromatic N) is 1. The Balaban J connectivity index is 2.13. The molecule has 8 nitrogen and oxygen atoms in total. The number of ketones is 1. The van der Waals surface area contributed by atoms with Crippen LogP contribution in [-0.4, -0.2) is 61.8 Å². The Kier molecular flexibility index (Phi) is 8.98. The fourth-order valence-electron chi connectivity index (χ4n) is 4.32. The molecular formula is C28H35NO7. The van der Waals surface area contributed by atoms with Gasteiger partial charge in [-0.25, -0.2) is 0 Å². The fourth-order valence-corrected chi connectivity index (χ4v) is 4.32. The van der Waals surface area contributed by atoms with Gasteiger partial charge in [0.05, 0.1) is 38.5 Å². The SMILES string of the molecule is CCOc1cc(C2/C(=C(\O)c3ccc(OC)cc3C)C(=O)C(=O)N2CCCOC(C)C)ccc1OC. The molecule has 1 amide bonds. The van der Waals surface area contributed by atoms with Gasteiger partial charge >= 0.3 is 0 Å². The number of hydrogen-bond acceptors (Lipinski definition) is 7. The average molecular weight is 498 g/mol. The molecule has 3 rings (SSSR count). The van der Waals surface area contributed by atoms with Gasteiger partial charge in [0.15, 0.2) is 11.5 Å². The minimum Gasteiger partial charge on any atom is -0.507 e. The number of ether oxygens (including phenoxy) is 4. The first-order valence-electron chi connectivity index (χ1n) is 12.1. The summed E-state index contributed by atoms with van der Waals surface area (Å²) in [6, 6.07) is 9.64. The van der Waals surface area contributed by atoms with E-state index in [9.17, 15) is 14.7 Å². The smallest absolute Gasteiger partial charge is 0.295 e. The van der Waals surface area contributed by atoms with E-state index in [0.29, 0.717) is 53.6 Å². The number of aliphatic hydroxyl groups excluding tert-OH is 1. The molecule has 1 N–H and O–H groups in total. The van der Waals surface area contributed by atoms with Crippen molar-refractivity contribution in [3.63, 3.8) is 0 Å². The van der Waals surface area contributed by atoms with Crippen LogP contribution in [0, 0.1) is 6.92 Å². The Bertz CT molecular complexity index is 1140. The van der Waals surface area contributed by atoms with Crippen LogP contribution in [0.2, 0.25) is 0 Å². The predicted octanol–water partition coefficient (Wildman–Crippen LogP) is 4.65. The van der Waals surface area contributed by atoms with E-state index in [4.69, 9.17) is 18.9 Å². The van der Waals surface area contributed by atoms with E-state index in [2.05, 4.69) is 0 Å². The van der Waals surface area contributed by atoms with Gasteiger partial charge in [-0.05, 0) is 75.6 Å². The van der Waals surface area contributed by atoms with Crippen molar-refractivity contribution >= 4 is 17.4 Å². The summed E-state index contributed by atoms with van der Waals surface area (Å²) in [4.78, 5) is 28.0. The topological polar surface area (TPSA) is 94.5 Å². The van der Waals surface area contributed by atoms with E-state index in [-0.39, 0.29) is 24.0 Å². The molecular weight excluding hydrogens is 462 g/mol. The largest absolute Gasteiger partial charge is 0.507 e. The van der Waals surface area contributed by atoms with Gasteiger partial charge < -0.3 is 29.0 Å². The number of Topliss-reactive ketones (excluding diaryl/α,β-unsaturated/α-hetero) is 1. The number of hydrogen-bond donors (Lipinski definition) is 1. The van der Waals surface area contributed by atoms with Crippen molar-refractivity contribution in [2.45, 2.75) is 46.3 Å². The summed E-state index contributed by atoms with van der Waals surface area (Å²) in [5.41, 5.74) is 1.84. The van der Waals surface area contributed by atoms with Crippen molar-refractivity contribution < 1.29 is 33.6 Å². The standard InChI is InChI=1S/C28H35NO7/c1-7-35-23-16-19(9-12-22(23)34-6)25-24(26(30)21-11-10-20(33-5)15-18(21)4)27(31)28(32)29(25)13-8-14-36-17(2)3/h9-12,15-17,25,30H,7-8,13-14H2,1-6H3/b26-24+. The Morgan fingerprint density at radius 2 is 1.81 bits per heavy atom. The second-order valence-corrected chi connectivity index (χ2v) is 8.79. The molecule has 1 heterocycles. The van der Waals surface area contributed by atoms with Crippen molar-refractivity contribution in [2.75, 3.05) is 34.0 Å². The van der Waals surface area contributed by atoms with Crippen LogP contribution in [0.3, 0.4) is 0 Å². The Morgan fingerprint density at radius 3 is 2.42 bits per heavy atom. The molecule has 2 aromatic rings. The molecule has 1 fully saturated rings. The Hall–Kier alpha value is -3.52. The van der Waals surface area contributed by atoms with Crippen molar-refractivity contribution in [1.82, 2.24) is 4.90 Å². The summed E-state index contributed by atoms with van der Waals surface area (Å²) in [5, 5.41) is 11.4. The first kappa shape index (κ1) is 27.1. The van der Waals surface area contributed by atoms with Crippen LogP contribution in [-0.2, 0) is 14.3 Å². The summed E-state index contributed by atoms with van der Waals surface area (Å²) in [6.07, 6.45) is 0.599. The number of aryl methyl sites for hydroxylation is 1. The van der Waals surface area contributed by atoms with Crippen LogP contribution < -0.4 is 14.2 Å². The van der Waals surface area contributed by atoms with Gasteiger partial charge in [0.25, 0.3) is 11.7 Å². The van der Waals surface area contributed by atoms with E-state index >= 15 is 0 Å². The maximum absolute atomic E-state index is 13.3. The average Bonchev–Trinajstić information content (AvgIpc) is 3.11. The third-order valence-electron chi connectivity index (χ3n) is 6.03. The molecule has 1 unspecified atom stereocenters. The molecule has 0 aromatic heterocycles. The summed E-state index contributed by atoms with van der Waals surface area (Å²) >= 11 is 0. The zero-order valence-corrected chi connectivity index (χ0v) is 21.8. The highest BCUT2D eigenvalue weighted by atomic mass is 16.5. The van der Waals surface area contributed by atoms with Gasteiger partial charge in [0, 0.05) is 18.7 Å². The number of benzene rings is 2. The van der Waals surface area contributed by atoms with Crippen LogP contribution >= 0.6 is 0 Å². The minimum atomic E-state index is -0.796. The van der Waals surface area contributed by atoms with Gasteiger partial charge in [-0.2, -0.15) is 0 Å². The lowest BCUT2D eigenvalue weighted by atomic mass is 9.93. The molecule has 0 aliphatic carbocycles. The van der Waals surface area contributed by atoms with Crippen LogP contribution in [0.25, 0.3) is 5.76 Å². The second kappa shape index (κ2) is 11.9. The van der Waals surface area contributed by atoms with Gasteiger partial charge in [-0.3, -0.25) is 9.59 Å². The Morgan fingerprint density at radius 1 is 1.06 bits per heavy atom. The lowest BCUT2D eigenvalue weighted by Gasteiger charge is -2.26. The lowest BCUT2D eigenvalue weighted by Crippen LogP contribution is -2.31. The number of carbonyl (C=O) groups excluding carboxylic acids is 2. The molecule has 0 radical (unpaired) electrons.